The number of hydrogen-bond acceptors (Lipinski definition) is 6. The van der Waals surface area contributed by atoms with Crippen molar-refractivity contribution in [2.75, 3.05) is 28.3 Å². The Kier molecular flexibility index (Phi) is 10.7. The number of hydrogen-bond donors (Lipinski definition) is 4. The lowest BCUT2D eigenvalue weighted by molar-refractivity contribution is 0.100. The van der Waals surface area contributed by atoms with E-state index in [-0.39, 0.29) is 27.3 Å². The van der Waals surface area contributed by atoms with Crippen LogP contribution in [0.3, 0.4) is 0 Å². The molecule has 0 aromatic heterocycles. The summed E-state index contributed by atoms with van der Waals surface area (Å²) in [7, 11) is 1.84. The van der Waals surface area contributed by atoms with Crippen molar-refractivity contribution < 1.29 is 23.9 Å². The third-order valence-electron chi connectivity index (χ3n) is 7.62. The van der Waals surface area contributed by atoms with Gasteiger partial charge in [0, 0.05) is 52.6 Å². The topological polar surface area (TPSA) is 126 Å². The van der Waals surface area contributed by atoms with Gasteiger partial charge in [-0.15, -0.1) is 0 Å². The number of Topliss-reactive ketones (excluding diaryl/α,β-unsaturated/α-hetero) is 1. The van der Waals surface area contributed by atoms with Gasteiger partial charge in [0.1, 0.15) is 11.5 Å². The van der Waals surface area contributed by atoms with Crippen molar-refractivity contribution in [2.24, 2.45) is 0 Å². The van der Waals surface area contributed by atoms with E-state index in [0.29, 0.717) is 45.3 Å². The van der Waals surface area contributed by atoms with Gasteiger partial charge in [-0.2, -0.15) is 0 Å². The predicted molar refractivity (Wildman–Crippen MR) is 195 cm³/mol. The lowest BCUT2D eigenvalue weighted by atomic mass is 10.1. The van der Waals surface area contributed by atoms with E-state index in [0.717, 1.165) is 16.8 Å². The SMILES string of the molecule is CNc1cc(C)c(NC(=O)c2ccc(C(=O)Nc3ccc(Oc4cccc(NC(=O)c5ccc(C(C)=O)c(Cl)c5)c4)cc3)c(Cl)c2)cc1C. The minimum Gasteiger partial charge on any atom is -0.457 e. The fourth-order valence-electron chi connectivity index (χ4n) is 4.98. The van der Waals surface area contributed by atoms with Gasteiger partial charge in [-0.05, 0) is 117 Å². The number of carbonyl (C=O) groups excluding carboxylic acids is 4. The first-order valence-corrected chi connectivity index (χ1v) is 15.9. The number of benzene rings is 5. The second kappa shape index (κ2) is 15.1. The first kappa shape index (κ1) is 34.7. The third kappa shape index (κ3) is 8.45. The fourth-order valence-corrected chi connectivity index (χ4v) is 5.56. The fraction of sp³-hybridized carbons (Fsp3) is 0.105. The smallest absolute Gasteiger partial charge is 0.257 e. The summed E-state index contributed by atoms with van der Waals surface area (Å²) in [5, 5.41) is 12.0. The van der Waals surface area contributed by atoms with Crippen LogP contribution in [0.15, 0.2) is 97.1 Å². The van der Waals surface area contributed by atoms with Gasteiger partial charge in [0.15, 0.2) is 5.78 Å². The largest absolute Gasteiger partial charge is 0.457 e. The van der Waals surface area contributed by atoms with Crippen molar-refractivity contribution in [1.29, 1.82) is 0 Å². The Morgan fingerprint density at radius 2 is 1.14 bits per heavy atom. The number of halogens is 2. The molecule has 0 heterocycles. The molecule has 5 aromatic carbocycles. The van der Waals surface area contributed by atoms with E-state index < -0.39 is 11.8 Å². The number of carbonyl (C=O) groups is 4. The van der Waals surface area contributed by atoms with E-state index in [9.17, 15) is 19.2 Å². The Bertz CT molecular complexity index is 2100. The molecule has 3 amide bonds. The van der Waals surface area contributed by atoms with Crippen LogP contribution >= 0.6 is 23.2 Å². The van der Waals surface area contributed by atoms with E-state index in [1.54, 1.807) is 54.6 Å². The van der Waals surface area contributed by atoms with Crippen molar-refractivity contribution in [3.63, 3.8) is 0 Å². The first-order chi connectivity index (χ1) is 23.4. The number of anilines is 4. The predicted octanol–water partition coefficient (Wildman–Crippen LogP) is 9.40. The monoisotopic (exact) mass is 694 g/mol. The molecule has 11 heteroatoms. The van der Waals surface area contributed by atoms with E-state index in [4.69, 9.17) is 27.9 Å². The van der Waals surface area contributed by atoms with Gasteiger partial charge in [0.05, 0.1) is 15.6 Å². The van der Waals surface area contributed by atoms with Gasteiger partial charge in [-0.1, -0.05) is 29.3 Å². The zero-order valence-corrected chi connectivity index (χ0v) is 28.5. The maximum Gasteiger partial charge on any atom is 0.257 e. The minimum absolute atomic E-state index is 0.131. The Morgan fingerprint density at radius 1 is 0.571 bits per heavy atom. The summed E-state index contributed by atoms with van der Waals surface area (Å²) in [4.78, 5) is 50.4. The van der Waals surface area contributed by atoms with Gasteiger partial charge in [0.2, 0.25) is 0 Å². The normalized spacial score (nSPS) is 10.6. The second-order valence-electron chi connectivity index (χ2n) is 11.2. The summed E-state index contributed by atoms with van der Waals surface area (Å²) in [5.41, 5.74) is 5.72. The molecular formula is C38H32Cl2N4O5. The molecule has 248 valence electrons. The molecule has 0 saturated carbocycles. The van der Waals surface area contributed by atoms with Gasteiger partial charge in [-0.3, -0.25) is 19.2 Å². The molecule has 0 bridgehead atoms. The van der Waals surface area contributed by atoms with Gasteiger partial charge < -0.3 is 26.0 Å². The molecule has 0 fully saturated rings. The quantitative estimate of drug-likeness (QED) is 0.108. The lowest BCUT2D eigenvalue weighted by Gasteiger charge is -2.14. The van der Waals surface area contributed by atoms with Crippen LogP contribution in [0.5, 0.6) is 11.5 Å². The van der Waals surface area contributed by atoms with Crippen LogP contribution in [0, 0.1) is 13.8 Å². The average Bonchev–Trinajstić information content (AvgIpc) is 3.06. The zero-order valence-electron chi connectivity index (χ0n) is 27.0. The molecule has 0 spiro atoms. The van der Waals surface area contributed by atoms with Gasteiger partial charge in [0.25, 0.3) is 17.7 Å². The molecular weight excluding hydrogens is 663 g/mol. The Labute approximate surface area is 293 Å². The number of rotatable bonds is 10. The number of aryl methyl sites for hydroxylation is 2. The van der Waals surface area contributed by atoms with E-state index in [1.165, 1.54) is 37.3 Å². The maximum absolute atomic E-state index is 13.0. The molecule has 0 aliphatic heterocycles. The molecule has 5 rings (SSSR count). The number of ketones is 1. The van der Waals surface area contributed by atoms with Crippen molar-refractivity contribution in [1.82, 2.24) is 0 Å². The van der Waals surface area contributed by atoms with Crippen molar-refractivity contribution >= 4 is 69.5 Å². The van der Waals surface area contributed by atoms with Crippen molar-refractivity contribution in [2.45, 2.75) is 20.8 Å². The summed E-state index contributed by atoms with van der Waals surface area (Å²) >= 11 is 12.6. The Hall–Kier alpha value is -5.64. The summed E-state index contributed by atoms with van der Waals surface area (Å²) in [6.07, 6.45) is 0. The molecule has 0 atom stereocenters. The van der Waals surface area contributed by atoms with Gasteiger partial charge >= 0.3 is 0 Å². The molecule has 49 heavy (non-hydrogen) atoms. The lowest BCUT2D eigenvalue weighted by Crippen LogP contribution is -2.15. The Balaban J connectivity index is 1.18. The number of nitrogens with one attached hydrogen (secondary N) is 4. The Morgan fingerprint density at radius 3 is 1.76 bits per heavy atom. The number of amides is 3. The summed E-state index contributed by atoms with van der Waals surface area (Å²) in [6, 6.07) is 26.4. The highest BCUT2D eigenvalue weighted by Gasteiger charge is 2.16. The van der Waals surface area contributed by atoms with Crippen LogP contribution < -0.4 is 26.0 Å². The van der Waals surface area contributed by atoms with E-state index in [1.807, 2.05) is 33.0 Å². The van der Waals surface area contributed by atoms with Gasteiger partial charge in [-0.25, -0.2) is 0 Å². The summed E-state index contributed by atoms with van der Waals surface area (Å²) in [5.74, 6) is -0.411. The van der Waals surface area contributed by atoms with E-state index in [2.05, 4.69) is 21.3 Å². The minimum atomic E-state index is -0.444. The highest BCUT2D eigenvalue weighted by Crippen LogP contribution is 2.28. The van der Waals surface area contributed by atoms with Crippen LogP contribution in [0.1, 0.15) is 59.5 Å². The first-order valence-electron chi connectivity index (χ1n) is 15.1. The molecule has 0 radical (unpaired) electrons. The molecule has 0 saturated heterocycles. The molecule has 5 aromatic rings. The average molecular weight is 696 g/mol. The maximum atomic E-state index is 13.0. The number of ether oxygens (including phenoxy) is 1. The third-order valence-corrected chi connectivity index (χ3v) is 8.24. The van der Waals surface area contributed by atoms with Crippen LogP contribution in [0.4, 0.5) is 22.7 Å². The molecule has 0 unspecified atom stereocenters. The summed E-state index contributed by atoms with van der Waals surface area (Å²) in [6.45, 7) is 5.27. The van der Waals surface area contributed by atoms with Crippen LogP contribution in [0.2, 0.25) is 10.0 Å². The summed E-state index contributed by atoms with van der Waals surface area (Å²) < 4.78 is 5.95. The standard InChI is InChI=1S/C38H32Cl2N4O5/c1-21-17-35(22(2)16-34(21)41-4)44-37(47)25-9-15-31(33(40)19-25)38(48)42-26-10-12-28(13-11-26)49-29-7-5-6-27(20-29)43-36(46)24-8-14-30(23(3)45)32(39)18-24/h5-20,41H,1-4H3,(H,42,48)(H,43,46)(H,44,47). The van der Waals surface area contributed by atoms with Crippen molar-refractivity contribution in [3.05, 3.63) is 140 Å². The highest BCUT2D eigenvalue weighted by atomic mass is 35.5. The molecule has 9 nitrogen and oxygen atoms in total. The second-order valence-corrected chi connectivity index (χ2v) is 12.0. The molecule has 4 N–H and O–H groups in total. The molecule has 0 aliphatic rings. The molecule has 0 aliphatic carbocycles. The van der Waals surface area contributed by atoms with Crippen LogP contribution in [-0.4, -0.2) is 30.6 Å². The highest BCUT2D eigenvalue weighted by molar-refractivity contribution is 6.35. The van der Waals surface area contributed by atoms with Crippen LogP contribution in [-0.2, 0) is 0 Å². The van der Waals surface area contributed by atoms with E-state index >= 15 is 0 Å². The van der Waals surface area contributed by atoms with Crippen molar-refractivity contribution in [3.8, 4) is 11.5 Å². The van der Waals surface area contributed by atoms with Crippen LogP contribution in [0.25, 0.3) is 0 Å². The zero-order chi connectivity index (χ0) is 35.2.